The maximum atomic E-state index is 12.1. The van der Waals surface area contributed by atoms with Gasteiger partial charge in [0, 0.05) is 25.4 Å². The number of nitrogens with zero attached hydrogens (tertiary/aromatic N) is 3. The lowest BCUT2D eigenvalue weighted by molar-refractivity contribution is 0.348. The SMILES string of the molecule is Cl.NC1(c2noc(CCNS(=O)(=O)c3cccnc3)n2)CCCC1. The van der Waals surface area contributed by atoms with E-state index in [0.29, 0.717) is 18.1 Å². The number of rotatable bonds is 6. The van der Waals surface area contributed by atoms with E-state index in [1.807, 2.05) is 0 Å². The van der Waals surface area contributed by atoms with Crippen LogP contribution in [0, 0.1) is 0 Å². The molecule has 0 amide bonds. The molecule has 0 spiro atoms. The summed E-state index contributed by atoms with van der Waals surface area (Å²) in [7, 11) is -3.58. The highest BCUT2D eigenvalue weighted by molar-refractivity contribution is 7.89. The zero-order valence-electron chi connectivity index (χ0n) is 13.0. The molecule has 1 aliphatic rings. The monoisotopic (exact) mass is 373 g/mol. The average molecular weight is 374 g/mol. The smallest absolute Gasteiger partial charge is 0.242 e. The minimum atomic E-state index is -3.58. The average Bonchev–Trinajstić information content (AvgIpc) is 3.18. The van der Waals surface area contributed by atoms with Crippen LogP contribution in [0.2, 0.25) is 0 Å². The van der Waals surface area contributed by atoms with Crippen molar-refractivity contribution in [2.45, 2.75) is 42.5 Å². The third-order valence-corrected chi connectivity index (χ3v) is 5.43. The predicted octanol–water partition coefficient (Wildman–Crippen LogP) is 1.14. The largest absolute Gasteiger partial charge is 0.339 e. The molecule has 8 nitrogen and oxygen atoms in total. The van der Waals surface area contributed by atoms with Crippen LogP contribution in [0.3, 0.4) is 0 Å². The van der Waals surface area contributed by atoms with Crippen molar-refractivity contribution in [1.82, 2.24) is 19.8 Å². The summed E-state index contributed by atoms with van der Waals surface area (Å²) in [5.74, 6) is 0.894. The van der Waals surface area contributed by atoms with E-state index in [4.69, 9.17) is 10.3 Å². The Balaban J connectivity index is 0.00000208. The van der Waals surface area contributed by atoms with Crippen molar-refractivity contribution < 1.29 is 12.9 Å². The summed E-state index contributed by atoms with van der Waals surface area (Å²) in [6.07, 6.45) is 6.94. The number of halogens is 1. The molecule has 1 fully saturated rings. The molecule has 0 aliphatic heterocycles. The molecular weight excluding hydrogens is 354 g/mol. The highest BCUT2D eigenvalue weighted by Gasteiger charge is 2.35. The zero-order valence-corrected chi connectivity index (χ0v) is 14.6. The van der Waals surface area contributed by atoms with Crippen LogP contribution in [-0.2, 0) is 22.0 Å². The van der Waals surface area contributed by atoms with Gasteiger partial charge in [-0.15, -0.1) is 12.4 Å². The molecule has 3 rings (SSSR count). The van der Waals surface area contributed by atoms with E-state index in [1.54, 1.807) is 6.07 Å². The first-order chi connectivity index (χ1) is 11.0. The fourth-order valence-corrected chi connectivity index (χ4v) is 3.66. The van der Waals surface area contributed by atoms with Crippen molar-refractivity contribution in [2.24, 2.45) is 5.73 Å². The van der Waals surface area contributed by atoms with Gasteiger partial charge in [-0.05, 0) is 25.0 Å². The number of nitrogens with one attached hydrogen (secondary N) is 1. The molecule has 0 atom stereocenters. The van der Waals surface area contributed by atoms with E-state index < -0.39 is 15.6 Å². The van der Waals surface area contributed by atoms with Crippen molar-refractivity contribution in [3.8, 4) is 0 Å². The minimum Gasteiger partial charge on any atom is -0.339 e. The number of hydrogen-bond acceptors (Lipinski definition) is 7. The van der Waals surface area contributed by atoms with Gasteiger partial charge in [0.25, 0.3) is 0 Å². The Morgan fingerprint density at radius 1 is 1.33 bits per heavy atom. The minimum absolute atomic E-state index is 0. The van der Waals surface area contributed by atoms with Gasteiger partial charge in [-0.3, -0.25) is 4.98 Å². The fraction of sp³-hybridized carbons (Fsp3) is 0.500. The van der Waals surface area contributed by atoms with E-state index >= 15 is 0 Å². The van der Waals surface area contributed by atoms with Gasteiger partial charge in [0.1, 0.15) is 4.90 Å². The predicted molar refractivity (Wildman–Crippen MR) is 89.0 cm³/mol. The quantitative estimate of drug-likeness (QED) is 0.777. The highest BCUT2D eigenvalue weighted by Crippen LogP contribution is 2.34. The Hall–Kier alpha value is -1.55. The van der Waals surface area contributed by atoms with Gasteiger partial charge in [0.05, 0.1) is 5.54 Å². The van der Waals surface area contributed by atoms with E-state index in [-0.39, 0.29) is 23.8 Å². The number of sulfonamides is 1. The lowest BCUT2D eigenvalue weighted by Crippen LogP contribution is -2.34. The summed E-state index contributed by atoms with van der Waals surface area (Å²) in [6, 6.07) is 3.06. The second-order valence-corrected chi connectivity index (χ2v) is 7.48. The molecule has 0 bridgehead atoms. The van der Waals surface area contributed by atoms with Crippen molar-refractivity contribution in [2.75, 3.05) is 6.54 Å². The molecule has 0 unspecified atom stereocenters. The van der Waals surface area contributed by atoms with Gasteiger partial charge in [-0.1, -0.05) is 18.0 Å². The molecule has 132 valence electrons. The summed E-state index contributed by atoms with van der Waals surface area (Å²) < 4.78 is 31.8. The van der Waals surface area contributed by atoms with Crippen molar-refractivity contribution in [1.29, 1.82) is 0 Å². The molecule has 3 N–H and O–H groups in total. The van der Waals surface area contributed by atoms with E-state index in [0.717, 1.165) is 25.7 Å². The van der Waals surface area contributed by atoms with Gasteiger partial charge in [0.2, 0.25) is 15.9 Å². The first-order valence-corrected chi connectivity index (χ1v) is 9.00. The lowest BCUT2D eigenvalue weighted by Gasteiger charge is -2.17. The Bertz CT molecular complexity index is 760. The summed E-state index contributed by atoms with van der Waals surface area (Å²) in [4.78, 5) is 8.23. The number of nitrogens with two attached hydrogens (primary N) is 1. The fourth-order valence-electron chi connectivity index (χ4n) is 2.67. The summed E-state index contributed by atoms with van der Waals surface area (Å²) in [6.45, 7) is 0.163. The maximum absolute atomic E-state index is 12.1. The number of aromatic nitrogens is 3. The Labute approximate surface area is 146 Å². The first kappa shape index (κ1) is 18.8. The van der Waals surface area contributed by atoms with Gasteiger partial charge in [0.15, 0.2) is 5.82 Å². The van der Waals surface area contributed by atoms with Gasteiger partial charge >= 0.3 is 0 Å². The topological polar surface area (TPSA) is 124 Å². The van der Waals surface area contributed by atoms with Crippen molar-refractivity contribution >= 4 is 22.4 Å². The van der Waals surface area contributed by atoms with Crippen LogP contribution in [0.4, 0.5) is 0 Å². The second-order valence-electron chi connectivity index (χ2n) is 5.71. The first-order valence-electron chi connectivity index (χ1n) is 7.51. The lowest BCUT2D eigenvalue weighted by atomic mass is 9.99. The maximum Gasteiger partial charge on any atom is 0.242 e. The normalized spacial score (nSPS) is 16.7. The third-order valence-electron chi connectivity index (χ3n) is 3.98. The van der Waals surface area contributed by atoms with Crippen LogP contribution >= 0.6 is 12.4 Å². The van der Waals surface area contributed by atoms with E-state index in [1.165, 1.54) is 18.5 Å². The summed E-state index contributed by atoms with van der Waals surface area (Å²) in [5.41, 5.74) is 5.76. The standard InChI is InChI=1S/C14H19N5O3S.ClH/c15-14(6-1-2-7-14)13-18-12(22-19-13)5-9-17-23(20,21)11-4-3-8-16-10-11;/h3-4,8,10,17H,1-2,5-7,9,15H2;1H. The van der Waals surface area contributed by atoms with Crippen LogP contribution < -0.4 is 10.5 Å². The second kappa shape index (κ2) is 7.56. The molecule has 1 saturated carbocycles. The molecule has 2 aromatic heterocycles. The molecule has 24 heavy (non-hydrogen) atoms. The molecule has 2 heterocycles. The molecule has 10 heteroatoms. The van der Waals surface area contributed by atoms with Gasteiger partial charge in [-0.2, -0.15) is 4.98 Å². The Kier molecular flexibility index (Phi) is 5.92. The Morgan fingerprint density at radius 3 is 2.75 bits per heavy atom. The van der Waals surface area contributed by atoms with Gasteiger partial charge < -0.3 is 10.3 Å². The van der Waals surface area contributed by atoms with E-state index in [9.17, 15) is 8.42 Å². The van der Waals surface area contributed by atoms with Crippen LogP contribution in [0.25, 0.3) is 0 Å². The van der Waals surface area contributed by atoms with Crippen molar-refractivity contribution in [3.05, 3.63) is 36.2 Å². The molecular formula is C14H20ClN5O3S. The number of hydrogen-bond donors (Lipinski definition) is 2. The highest BCUT2D eigenvalue weighted by atomic mass is 35.5. The van der Waals surface area contributed by atoms with Crippen LogP contribution in [0.15, 0.2) is 33.9 Å². The molecule has 1 aliphatic carbocycles. The number of pyridine rings is 1. The third kappa shape index (κ3) is 4.10. The Morgan fingerprint density at radius 2 is 2.08 bits per heavy atom. The summed E-state index contributed by atoms with van der Waals surface area (Å²) in [5, 5.41) is 3.94. The van der Waals surface area contributed by atoms with Crippen molar-refractivity contribution in [3.63, 3.8) is 0 Å². The van der Waals surface area contributed by atoms with Crippen LogP contribution in [0.1, 0.15) is 37.4 Å². The molecule has 0 aromatic carbocycles. The molecule has 0 radical (unpaired) electrons. The van der Waals surface area contributed by atoms with Gasteiger partial charge in [-0.25, -0.2) is 13.1 Å². The summed E-state index contributed by atoms with van der Waals surface area (Å²) >= 11 is 0. The van der Waals surface area contributed by atoms with E-state index in [2.05, 4.69) is 19.8 Å². The molecule has 2 aromatic rings. The van der Waals surface area contributed by atoms with Crippen LogP contribution in [0.5, 0.6) is 0 Å². The van der Waals surface area contributed by atoms with Crippen LogP contribution in [-0.4, -0.2) is 30.1 Å². The molecule has 0 saturated heterocycles. The zero-order chi connectivity index (χ0) is 16.3.